The molecule has 0 amide bonds. The zero-order valence-corrected chi connectivity index (χ0v) is 13.6. The number of hydrogen-bond donors (Lipinski definition) is 0. The van der Waals surface area contributed by atoms with Crippen molar-refractivity contribution in [2.24, 2.45) is 0 Å². The van der Waals surface area contributed by atoms with E-state index in [2.05, 4.69) is 27.5 Å². The van der Waals surface area contributed by atoms with Gasteiger partial charge >= 0.3 is 0 Å². The van der Waals surface area contributed by atoms with E-state index in [4.69, 9.17) is 4.74 Å². The molecular weight excluding hydrogens is 353 g/mol. The van der Waals surface area contributed by atoms with Gasteiger partial charge in [0, 0.05) is 31.1 Å². The van der Waals surface area contributed by atoms with Crippen LogP contribution < -0.4 is 0 Å². The van der Waals surface area contributed by atoms with Crippen molar-refractivity contribution in [3.8, 4) is 0 Å². The first kappa shape index (κ1) is 15.4. The fraction of sp³-hybridized carbons (Fsp3) is 1.00. The lowest BCUT2D eigenvalue weighted by Gasteiger charge is -2.26. The van der Waals surface area contributed by atoms with Gasteiger partial charge in [0.2, 0.25) is 0 Å². The monoisotopic (exact) mass is 375 g/mol. The Bertz CT molecular complexity index is 157. The Labute approximate surface area is 121 Å². The number of ether oxygens (including phenoxy) is 1. The Balaban J connectivity index is 1.77. The lowest BCUT2D eigenvalue weighted by Crippen LogP contribution is -2.37. The molecule has 96 valence electrons. The van der Waals surface area contributed by atoms with Crippen molar-refractivity contribution < 1.29 is 4.74 Å². The highest BCUT2D eigenvalue weighted by Gasteiger charge is 2.08. The van der Waals surface area contributed by atoms with E-state index in [9.17, 15) is 0 Å². The average molecular weight is 375 g/mol. The molecule has 0 atom stereocenters. The van der Waals surface area contributed by atoms with Crippen molar-refractivity contribution in [1.29, 1.82) is 0 Å². The molecule has 0 saturated carbocycles. The first-order chi connectivity index (χ1) is 7.93. The van der Waals surface area contributed by atoms with Crippen LogP contribution in [0.3, 0.4) is 0 Å². The quantitative estimate of drug-likeness (QED) is 0.265. The smallest absolute Gasteiger partial charge is 0.0594 e. The van der Waals surface area contributed by atoms with E-state index in [0.717, 1.165) is 26.3 Å². The minimum absolute atomic E-state index is 0.925. The molecule has 0 aromatic carbocycles. The second-order valence-electron chi connectivity index (χ2n) is 3.85. The Morgan fingerprint density at radius 1 is 1.00 bits per heavy atom. The van der Waals surface area contributed by atoms with Gasteiger partial charge in [-0.1, -0.05) is 50.6 Å². The van der Waals surface area contributed by atoms with Crippen molar-refractivity contribution in [2.75, 3.05) is 48.8 Å². The maximum absolute atomic E-state index is 5.33. The van der Waals surface area contributed by atoms with Crippen LogP contribution in [0.2, 0.25) is 0 Å². The highest BCUT2D eigenvalue weighted by Crippen LogP contribution is 2.22. The Morgan fingerprint density at radius 3 is 2.50 bits per heavy atom. The minimum atomic E-state index is 0.925. The van der Waals surface area contributed by atoms with Crippen LogP contribution in [-0.4, -0.2) is 53.7 Å². The summed E-state index contributed by atoms with van der Waals surface area (Å²) in [7, 11) is 4.09. The molecule has 0 N–H and O–H groups in total. The first-order valence-corrected chi connectivity index (χ1v) is 10.1. The molecule has 1 fully saturated rings. The highest BCUT2D eigenvalue weighted by molar-refractivity contribution is 14.1. The van der Waals surface area contributed by atoms with E-state index < -0.39 is 0 Å². The average Bonchev–Trinajstić information content (AvgIpc) is 2.34. The summed E-state index contributed by atoms with van der Waals surface area (Å²) >= 11 is 2.46. The third kappa shape index (κ3) is 8.44. The maximum atomic E-state index is 5.33. The molecule has 2 nitrogen and oxygen atoms in total. The third-order valence-corrected chi connectivity index (χ3v) is 5.77. The second kappa shape index (κ2) is 11.4. The Hall–Kier alpha value is 1.35. The van der Waals surface area contributed by atoms with E-state index in [1.807, 2.05) is 21.6 Å². The maximum Gasteiger partial charge on any atom is 0.0594 e. The van der Waals surface area contributed by atoms with Crippen LogP contribution in [0, 0.1) is 0 Å². The predicted octanol–water partition coefficient (Wildman–Crippen LogP) is 3.31. The summed E-state index contributed by atoms with van der Waals surface area (Å²) in [5.41, 5.74) is 0. The Kier molecular flexibility index (Phi) is 11.0. The van der Waals surface area contributed by atoms with Crippen LogP contribution in [-0.2, 0) is 4.74 Å². The number of halogens is 1. The highest BCUT2D eigenvalue weighted by atomic mass is 127. The lowest BCUT2D eigenvalue weighted by atomic mass is 10.3. The van der Waals surface area contributed by atoms with Gasteiger partial charge in [0.25, 0.3) is 0 Å². The van der Waals surface area contributed by atoms with Crippen LogP contribution in [0.15, 0.2) is 0 Å². The number of alkyl halides is 1. The number of unbranched alkanes of at least 4 members (excludes halogenated alkanes) is 2. The molecular formula is C11H22INOS2. The van der Waals surface area contributed by atoms with Crippen LogP contribution in [0.4, 0.5) is 0 Å². The molecule has 1 heterocycles. The van der Waals surface area contributed by atoms with Crippen LogP contribution in [0.5, 0.6) is 0 Å². The molecule has 0 spiro atoms. The van der Waals surface area contributed by atoms with Gasteiger partial charge in [-0.25, -0.2) is 0 Å². The van der Waals surface area contributed by atoms with Crippen molar-refractivity contribution in [1.82, 2.24) is 4.90 Å². The normalized spacial score (nSPS) is 17.8. The Morgan fingerprint density at radius 2 is 1.75 bits per heavy atom. The fourth-order valence-corrected chi connectivity index (χ4v) is 4.26. The standard InChI is InChI=1S/C11H22INOS2/c12-4-2-1-3-10-15-16-11-7-13-5-8-14-9-6-13/h1-11H2. The number of morpholine rings is 1. The summed E-state index contributed by atoms with van der Waals surface area (Å²) in [5, 5.41) is 0. The largest absolute Gasteiger partial charge is 0.379 e. The molecule has 0 unspecified atom stereocenters. The molecule has 0 aromatic rings. The summed E-state index contributed by atoms with van der Waals surface area (Å²) in [5.74, 6) is 2.58. The van der Waals surface area contributed by atoms with Gasteiger partial charge in [0.05, 0.1) is 13.2 Å². The SMILES string of the molecule is ICCCCCSSCCN1CCOCC1. The first-order valence-electron chi connectivity index (χ1n) is 6.04. The van der Waals surface area contributed by atoms with Gasteiger partial charge < -0.3 is 4.74 Å². The van der Waals surface area contributed by atoms with Gasteiger partial charge in [0.15, 0.2) is 0 Å². The van der Waals surface area contributed by atoms with Crippen LogP contribution in [0.25, 0.3) is 0 Å². The van der Waals surface area contributed by atoms with Crippen molar-refractivity contribution in [3.63, 3.8) is 0 Å². The summed E-state index contributed by atoms with van der Waals surface area (Å²) < 4.78 is 6.64. The van der Waals surface area contributed by atoms with Crippen LogP contribution >= 0.6 is 44.2 Å². The van der Waals surface area contributed by atoms with Crippen molar-refractivity contribution >= 4 is 44.2 Å². The zero-order chi connectivity index (χ0) is 11.5. The van der Waals surface area contributed by atoms with Crippen molar-refractivity contribution in [3.05, 3.63) is 0 Å². The van der Waals surface area contributed by atoms with Gasteiger partial charge in [-0.3, -0.25) is 4.90 Å². The topological polar surface area (TPSA) is 12.5 Å². The molecule has 1 rings (SSSR count). The number of rotatable bonds is 9. The number of nitrogens with zero attached hydrogens (tertiary/aromatic N) is 1. The molecule has 0 aliphatic carbocycles. The number of hydrogen-bond acceptors (Lipinski definition) is 4. The summed E-state index contributed by atoms with van der Waals surface area (Å²) in [6.45, 7) is 5.33. The van der Waals surface area contributed by atoms with E-state index in [-0.39, 0.29) is 0 Å². The van der Waals surface area contributed by atoms with E-state index >= 15 is 0 Å². The summed E-state index contributed by atoms with van der Waals surface area (Å²) in [6.07, 6.45) is 4.18. The molecule has 16 heavy (non-hydrogen) atoms. The third-order valence-electron chi connectivity index (χ3n) is 2.54. The summed E-state index contributed by atoms with van der Waals surface area (Å²) in [4.78, 5) is 2.51. The lowest BCUT2D eigenvalue weighted by molar-refractivity contribution is 0.0410. The molecule has 5 heteroatoms. The molecule has 0 aromatic heterocycles. The molecule has 1 aliphatic heterocycles. The van der Waals surface area contributed by atoms with Gasteiger partial charge in [0.1, 0.15) is 0 Å². The second-order valence-corrected chi connectivity index (χ2v) is 7.63. The van der Waals surface area contributed by atoms with E-state index in [1.54, 1.807) is 0 Å². The molecule has 1 aliphatic rings. The summed E-state index contributed by atoms with van der Waals surface area (Å²) in [6, 6.07) is 0. The van der Waals surface area contributed by atoms with Gasteiger partial charge in [-0.05, 0) is 17.3 Å². The van der Waals surface area contributed by atoms with Gasteiger partial charge in [-0.15, -0.1) is 0 Å². The zero-order valence-electron chi connectivity index (χ0n) is 9.83. The van der Waals surface area contributed by atoms with Crippen molar-refractivity contribution in [2.45, 2.75) is 19.3 Å². The van der Waals surface area contributed by atoms with E-state index in [1.165, 1.54) is 41.7 Å². The van der Waals surface area contributed by atoms with Crippen LogP contribution in [0.1, 0.15) is 19.3 Å². The molecule has 0 radical (unpaired) electrons. The molecule has 1 saturated heterocycles. The minimum Gasteiger partial charge on any atom is -0.379 e. The predicted molar refractivity (Wildman–Crippen MR) is 84.9 cm³/mol. The molecule has 0 bridgehead atoms. The van der Waals surface area contributed by atoms with Gasteiger partial charge in [-0.2, -0.15) is 0 Å². The fourth-order valence-electron chi connectivity index (χ4n) is 1.54. The van der Waals surface area contributed by atoms with E-state index in [0.29, 0.717) is 0 Å².